The molecule has 2 rings (SSSR count). The van der Waals surface area contributed by atoms with Crippen LogP contribution in [0.15, 0.2) is 53.4 Å². The highest BCUT2D eigenvalue weighted by molar-refractivity contribution is 8.00. The highest BCUT2D eigenvalue weighted by Crippen LogP contribution is 2.23. The maximum Gasteiger partial charge on any atom is 0.339 e. The predicted molar refractivity (Wildman–Crippen MR) is 112 cm³/mol. The standard InChI is InChI=1S/C20H21ClN2O5S/c1-27-11-10-22-19(25)13-29-17-5-3-2-4-16(17)20(26)28-12-18(24)23-15-8-6-14(21)7-9-15/h2-9H,10-13H2,1H3,(H,22,25)(H,23,24). The fraction of sp³-hybridized carbons (Fsp3) is 0.250. The number of esters is 1. The monoisotopic (exact) mass is 436 g/mol. The van der Waals surface area contributed by atoms with E-state index in [2.05, 4.69) is 10.6 Å². The van der Waals surface area contributed by atoms with E-state index in [0.29, 0.717) is 34.3 Å². The highest BCUT2D eigenvalue weighted by Gasteiger charge is 2.15. The van der Waals surface area contributed by atoms with Crippen molar-refractivity contribution in [2.24, 2.45) is 0 Å². The van der Waals surface area contributed by atoms with Crippen molar-refractivity contribution in [2.45, 2.75) is 4.90 Å². The third-order valence-electron chi connectivity index (χ3n) is 3.56. The molecule has 154 valence electrons. The van der Waals surface area contributed by atoms with E-state index in [0.717, 1.165) is 0 Å². The summed E-state index contributed by atoms with van der Waals surface area (Å²) in [6, 6.07) is 13.3. The van der Waals surface area contributed by atoms with Crippen molar-refractivity contribution in [1.29, 1.82) is 0 Å². The molecule has 2 N–H and O–H groups in total. The van der Waals surface area contributed by atoms with Gasteiger partial charge in [-0.1, -0.05) is 23.7 Å². The molecule has 2 aromatic rings. The van der Waals surface area contributed by atoms with Gasteiger partial charge in [-0.2, -0.15) is 0 Å². The summed E-state index contributed by atoms with van der Waals surface area (Å²) in [5, 5.41) is 5.87. The van der Waals surface area contributed by atoms with E-state index in [9.17, 15) is 14.4 Å². The van der Waals surface area contributed by atoms with Crippen LogP contribution in [0.2, 0.25) is 5.02 Å². The Hall–Kier alpha value is -2.55. The van der Waals surface area contributed by atoms with Crippen LogP contribution in [0, 0.1) is 0 Å². The average Bonchev–Trinajstić information content (AvgIpc) is 2.72. The lowest BCUT2D eigenvalue weighted by atomic mass is 10.2. The topological polar surface area (TPSA) is 93.7 Å². The Morgan fingerprint density at radius 2 is 1.76 bits per heavy atom. The molecular weight excluding hydrogens is 416 g/mol. The normalized spacial score (nSPS) is 10.3. The molecule has 29 heavy (non-hydrogen) atoms. The minimum Gasteiger partial charge on any atom is -0.452 e. The molecule has 0 radical (unpaired) electrons. The van der Waals surface area contributed by atoms with Gasteiger partial charge in [-0.05, 0) is 36.4 Å². The van der Waals surface area contributed by atoms with Gasteiger partial charge in [-0.25, -0.2) is 4.79 Å². The molecule has 0 saturated heterocycles. The van der Waals surface area contributed by atoms with Crippen LogP contribution in [0.1, 0.15) is 10.4 Å². The fourth-order valence-corrected chi connectivity index (χ4v) is 3.18. The van der Waals surface area contributed by atoms with Crippen molar-refractivity contribution in [3.63, 3.8) is 0 Å². The first-order valence-electron chi connectivity index (χ1n) is 8.69. The second-order valence-corrected chi connectivity index (χ2v) is 7.21. The van der Waals surface area contributed by atoms with Crippen LogP contribution >= 0.6 is 23.4 Å². The largest absolute Gasteiger partial charge is 0.452 e. The molecule has 0 saturated carbocycles. The van der Waals surface area contributed by atoms with Crippen molar-refractivity contribution in [3.05, 3.63) is 59.1 Å². The van der Waals surface area contributed by atoms with E-state index in [4.69, 9.17) is 21.1 Å². The van der Waals surface area contributed by atoms with Crippen LogP contribution in [0.4, 0.5) is 5.69 Å². The van der Waals surface area contributed by atoms with Gasteiger partial charge in [0.15, 0.2) is 6.61 Å². The number of rotatable bonds is 10. The molecule has 0 aliphatic rings. The molecule has 7 nitrogen and oxygen atoms in total. The molecule has 0 heterocycles. The van der Waals surface area contributed by atoms with Crippen molar-refractivity contribution >= 4 is 46.8 Å². The van der Waals surface area contributed by atoms with Crippen LogP contribution in [0.5, 0.6) is 0 Å². The van der Waals surface area contributed by atoms with Gasteiger partial charge in [0, 0.05) is 29.3 Å². The lowest BCUT2D eigenvalue weighted by molar-refractivity contribution is -0.119. The molecule has 0 unspecified atom stereocenters. The summed E-state index contributed by atoms with van der Waals surface area (Å²) >= 11 is 7.01. The van der Waals surface area contributed by atoms with E-state index >= 15 is 0 Å². The Morgan fingerprint density at radius 1 is 1.03 bits per heavy atom. The molecule has 0 spiro atoms. The Kier molecular flexibility index (Phi) is 9.49. The van der Waals surface area contributed by atoms with Crippen molar-refractivity contribution in [2.75, 3.05) is 37.9 Å². The van der Waals surface area contributed by atoms with Crippen LogP contribution in [0.3, 0.4) is 0 Å². The lowest BCUT2D eigenvalue weighted by Gasteiger charge is -2.10. The maximum absolute atomic E-state index is 12.4. The van der Waals surface area contributed by atoms with Gasteiger partial charge in [0.25, 0.3) is 5.91 Å². The lowest BCUT2D eigenvalue weighted by Crippen LogP contribution is -2.28. The van der Waals surface area contributed by atoms with E-state index in [1.54, 1.807) is 55.6 Å². The predicted octanol–water partition coefficient (Wildman–Crippen LogP) is 2.99. The van der Waals surface area contributed by atoms with E-state index in [-0.39, 0.29) is 11.7 Å². The Bertz CT molecular complexity index is 845. The number of thioether (sulfide) groups is 1. The molecule has 0 bridgehead atoms. The zero-order chi connectivity index (χ0) is 21.1. The van der Waals surface area contributed by atoms with Crippen LogP contribution in [-0.4, -0.2) is 50.4 Å². The number of methoxy groups -OCH3 is 1. The van der Waals surface area contributed by atoms with Crippen LogP contribution < -0.4 is 10.6 Å². The van der Waals surface area contributed by atoms with Crippen molar-refractivity contribution in [1.82, 2.24) is 5.32 Å². The zero-order valence-electron chi connectivity index (χ0n) is 15.8. The third kappa shape index (κ3) is 8.15. The number of hydrogen-bond donors (Lipinski definition) is 2. The third-order valence-corrected chi connectivity index (χ3v) is 4.88. The summed E-state index contributed by atoms with van der Waals surface area (Å²) < 4.78 is 9.98. The SMILES string of the molecule is COCCNC(=O)CSc1ccccc1C(=O)OCC(=O)Nc1ccc(Cl)cc1. The van der Waals surface area contributed by atoms with Gasteiger partial charge in [0.2, 0.25) is 5.91 Å². The smallest absolute Gasteiger partial charge is 0.339 e. The number of hydrogen-bond acceptors (Lipinski definition) is 6. The van der Waals surface area contributed by atoms with Gasteiger partial charge in [-0.15, -0.1) is 11.8 Å². The first kappa shape index (κ1) is 22.7. The number of benzene rings is 2. The summed E-state index contributed by atoms with van der Waals surface area (Å²) in [6.45, 7) is 0.414. The van der Waals surface area contributed by atoms with Gasteiger partial charge >= 0.3 is 5.97 Å². The van der Waals surface area contributed by atoms with E-state index in [1.807, 2.05) is 0 Å². The van der Waals surface area contributed by atoms with Crippen molar-refractivity contribution in [3.8, 4) is 0 Å². The number of carbonyl (C=O) groups is 3. The van der Waals surface area contributed by atoms with Crippen LogP contribution in [0.25, 0.3) is 0 Å². The summed E-state index contributed by atoms with van der Waals surface area (Å²) in [6.07, 6.45) is 0. The van der Waals surface area contributed by atoms with Crippen LogP contribution in [-0.2, 0) is 19.1 Å². The second kappa shape index (κ2) is 12.1. The van der Waals surface area contributed by atoms with E-state index < -0.39 is 18.5 Å². The van der Waals surface area contributed by atoms with Gasteiger partial charge in [0.1, 0.15) is 0 Å². The minimum atomic E-state index is -0.640. The first-order valence-corrected chi connectivity index (χ1v) is 10.1. The molecule has 0 fully saturated rings. The second-order valence-electron chi connectivity index (χ2n) is 5.76. The quantitative estimate of drug-likeness (QED) is 0.338. The Labute approximate surface area is 178 Å². The fourth-order valence-electron chi connectivity index (χ4n) is 2.19. The summed E-state index contributed by atoms with van der Waals surface area (Å²) in [4.78, 5) is 36.8. The number of nitrogens with one attached hydrogen (secondary N) is 2. The molecule has 0 aromatic heterocycles. The average molecular weight is 437 g/mol. The van der Waals surface area contributed by atoms with Gasteiger partial charge < -0.3 is 20.1 Å². The molecule has 0 atom stereocenters. The summed E-state index contributed by atoms with van der Waals surface area (Å²) in [5.74, 6) is -1.13. The minimum absolute atomic E-state index is 0.144. The van der Waals surface area contributed by atoms with Gasteiger partial charge in [0.05, 0.1) is 17.9 Å². The number of carbonyl (C=O) groups excluding carboxylic acids is 3. The van der Waals surface area contributed by atoms with Gasteiger partial charge in [-0.3, -0.25) is 9.59 Å². The zero-order valence-corrected chi connectivity index (χ0v) is 17.3. The molecule has 2 aromatic carbocycles. The number of halogens is 1. The highest BCUT2D eigenvalue weighted by atomic mass is 35.5. The molecule has 9 heteroatoms. The number of amides is 2. The number of anilines is 1. The summed E-state index contributed by atoms with van der Waals surface area (Å²) in [7, 11) is 1.55. The van der Waals surface area contributed by atoms with E-state index in [1.165, 1.54) is 11.8 Å². The summed E-state index contributed by atoms with van der Waals surface area (Å²) in [5.41, 5.74) is 0.840. The van der Waals surface area contributed by atoms with Crippen molar-refractivity contribution < 1.29 is 23.9 Å². The number of ether oxygens (including phenoxy) is 2. The first-order chi connectivity index (χ1) is 14.0. The maximum atomic E-state index is 12.4. The molecule has 2 amide bonds. The Balaban J connectivity index is 1.86. The molecule has 0 aliphatic heterocycles. The molecule has 0 aliphatic carbocycles. The molecular formula is C20H21ClN2O5S. The Morgan fingerprint density at radius 3 is 2.48 bits per heavy atom.